The number of methoxy groups -OCH3 is 1. The van der Waals surface area contributed by atoms with Crippen LogP contribution in [0.1, 0.15) is 11.1 Å². The molecule has 3 N–H and O–H groups in total. The van der Waals surface area contributed by atoms with E-state index in [1.165, 1.54) is 0 Å². The van der Waals surface area contributed by atoms with E-state index in [4.69, 9.17) is 27.4 Å². The van der Waals surface area contributed by atoms with Crippen LogP contribution in [-0.4, -0.2) is 37.8 Å². The number of nitrogens with two attached hydrogens (primary N) is 1. The predicted octanol–water partition coefficient (Wildman–Crippen LogP) is 0.771. The smallest absolute Gasteiger partial charge is 0.258 e. The summed E-state index contributed by atoms with van der Waals surface area (Å²) in [6.07, 6.45) is 0. The van der Waals surface area contributed by atoms with Crippen molar-refractivity contribution in [2.24, 2.45) is 5.73 Å². The third-order valence-corrected chi connectivity index (χ3v) is 2.70. The molecule has 0 heterocycles. The van der Waals surface area contributed by atoms with Crippen LogP contribution in [0.15, 0.2) is 18.2 Å². The van der Waals surface area contributed by atoms with Crippen molar-refractivity contribution in [2.75, 3.05) is 26.9 Å². The molecule has 0 bridgehead atoms. The van der Waals surface area contributed by atoms with E-state index < -0.39 is 0 Å². The fraction of sp³-hybridized carbons (Fsp3) is 0.385. The Morgan fingerprint density at radius 3 is 2.84 bits per heavy atom. The fourth-order valence-corrected chi connectivity index (χ4v) is 1.52. The highest BCUT2D eigenvalue weighted by Gasteiger charge is 2.06. The molecule has 19 heavy (non-hydrogen) atoms. The van der Waals surface area contributed by atoms with Crippen molar-refractivity contribution in [1.82, 2.24) is 5.32 Å². The molecule has 0 atom stereocenters. The Morgan fingerprint density at radius 2 is 2.21 bits per heavy atom. The van der Waals surface area contributed by atoms with Crippen LogP contribution in [0.5, 0.6) is 5.75 Å². The number of aryl methyl sites for hydroxylation is 1. The second-order valence-electron chi connectivity index (χ2n) is 3.98. The van der Waals surface area contributed by atoms with Crippen LogP contribution in [0.25, 0.3) is 0 Å². The number of carbonyl (C=O) groups excluding carboxylic acids is 1. The lowest BCUT2D eigenvalue weighted by atomic mass is 10.1. The maximum Gasteiger partial charge on any atom is 0.258 e. The van der Waals surface area contributed by atoms with Crippen molar-refractivity contribution in [1.29, 1.82) is 0 Å². The van der Waals surface area contributed by atoms with E-state index in [9.17, 15) is 4.79 Å². The summed E-state index contributed by atoms with van der Waals surface area (Å²) in [5, 5.41) is 2.67. The molecule has 0 aliphatic carbocycles. The molecule has 5 nitrogen and oxygen atoms in total. The molecule has 1 aromatic carbocycles. The molecule has 1 rings (SSSR count). The average Bonchev–Trinajstić information content (AvgIpc) is 2.37. The third-order valence-electron chi connectivity index (χ3n) is 2.46. The first-order chi connectivity index (χ1) is 9.04. The first-order valence-electron chi connectivity index (χ1n) is 5.83. The lowest BCUT2D eigenvalue weighted by Gasteiger charge is -2.10. The van der Waals surface area contributed by atoms with Crippen LogP contribution in [0.4, 0.5) is 0 Å². The van der Waals surface area contributed by atoms with E-state index in [0.29, 0.717) is 23.9 Å². The Labute approximate surface area is 118 Å². The summed E-state index contributed by atoms with van der Waals surface area (Å²) in [6.45, 7) is 2.78. The summed E-state index contributed by atoms with van der Waals surface area (Å²) in [5.41, 5.74) is 7.19. The molecule has 1 aromatic rings. The van der Waals surface area contributed by atoms with Gasteiger partial charge in [0.2, 0.25) is 0 Å². The molecule has 0 aromatic heterocycles. The van der Waals surface area contributed by atoms with Crippen molar-refractivity contribution in [3.63, 3.8) is 0 Å². The molecule has 0 aliphatic rings. The normalized spacial score (nSPS) is 10.0. The van der Waals surface area contributed by atoms with Crippen molar-refractivity contribution in [3.8, 4) is 5.75 Å². The summed E-state index contributed by atoms with van der Waals surface area (Å²) in [4.78, 5) is 11.8. The van der Waals surface area contributed by atoms with Gasteiger partial charge in [0, 0.05) is 19.2 Å². The molecule has 6 heteroatoms. The molecule has 0 saturated carbocycles. The van der Waals surface area contributed by atoms with Gasteiger partial charge in [0.1, 0.15) is 10.7 Å². The van der Waals surface area contributed by atoms with Crippen LogP contribution >= 0.6 is 12.2 Å². The Balaban J connectivity index is 2.54. The van der Waals surface area contributed by atoms with Gasteiger partial charge in [-0.05, 0) is 18.6 Å². The second-order valence-corrected chi connectivity index (χ2v) is 4.42. The summed E-state index contributed by atoms with van der Waals surface area (Å²) < 4.78 is 10.3. The average molecular weight is 282 g/mol. The van der Waals surface area contributed by atoms with Crippen molar-refractivity contribution < 1.29 is 14.3 Å². The molecular weight excluding hydrogens is 264 g/mol. The van der Waals surface area contributed by atoms with Crippen LogP contribution in [0.3, 0.4) is 0 Å². The number of carbonyl (C=O) groups is 1. The van der Waals surface area contributed by atoms with Crippen LogP contribution < -0.4 is 15.8 Å². The largest absolute Gasteiger partial charge is 0.483 e. The Morgan fingerprint density at radius 1 is 1.47 bits per heavy atom. The molecule has 0 fully saturated rings. The fourth-order valence-electron chi connectivity index (χ4n) is 1.40. The standard InChI is InChI=1S/C13H18N2O3S/c1-9-3-4-10(13(14)19)7-11(9)18-8-12(16)15-5-6-17-2/h3-4,7H,5-6,8H2,1-2H3,(H2,14,19)(H,15,16). The van der Waals surface area contributed by atoms with Gasteiger partial charge in [0.15, 0.2) is 6.61 Å². The first kappa shape index (κ1) is 15.4. The summed E-state index contributed by atoms with van der Waals surface area (Å²) in [5.74, 6) is 0.407. The molecule has 104 valence electrons. The van der Waals surface area contributed by atoms with Gasteiger partial charge < -0.3 is 20.5 Å². The number of amides is 1. The van der Waals surface area contributed by atoms with Crippen molar-refractivity contribution in [2.45, 2.75) is 6.92 Å². The Bertz CT molecular complexity index is 463. The second kappa shape index (κ2) is 7.70. The zero-order chi connectivity index (χ0) is 14.3. The SMILES string of the molecule is COCCNC(=O)COc1cc(C(N)=S)ccc1C. The van der Waals surface area contributed by atoms with Gasteiger partial charge >= 0.3 is 0 Å². The number of ether oxygens (including phenoxy) is 2. The summed E-state index contributed by atoms with van der Waals surface area (Å²) in [6, 6.07) is 5.41. The number of benzene rings is 1. The third kappa shape index (κ3) is 5.23. The Kier molecular flexibility index (Phi) is 6.24. The van der Waals surface area contributed by atoms with Gasteiger partial charge in [0.05, 0.1) is 6.61 Å². The minimum Gasteiger partial charge on any atom is -0.483 e. The van der Waals surface area contributed by atoms with Crippen molar-refractivity contribution in [3.05, 3.63) is 29.3 Å². The lowest BCUT2D eigenvalue weighted by Crippen LogP contribution is -2.31. The topological polar surface area (TPSA) is 73.6 Å². The predicted molar refractivity (Wildman–Crippen MR) is 77.4 cm³/mol. The minimum atomic E-state index is -0.197. The van der Waals surface area contributed by atoms with Crippen LogP contribution in [0.2, 0.25) is 0 Å². The zero-order valence-corrected chi connectivity index (χ0v) is 11.9. The molecule has 0 saturated heterocycles. The molecule has 0 radical (unpaired) electrons. The van der Waals surface area contributed by atoms with E-state index in [0.717, 1.165) is 11.1 Å². The number of hydrogen-bond donors (Lipinski definition) is 2. The van der Waals surface area contributed by atoms with Gasteiger partial charge in [-0.3, -0.25) is 4.79 Å². The highest BCUT2D eigenvalue weighted by atomic mass is 32.1. The number of nitrogens with one attached hydrogen (secondary N) is 1. The number of rotatable bonds is 7. The molecule has 0 aliphatic heterocycles. The van der Waals surface area contributed by atoms with Crippen LogP contribution in [0, 0.1) is 6.92 Å². The maximum atomic E-state index is 11.5. The molecule has 1 amide bonds. The summed E-state index contributed by atoms with van der Waals surface area (Å²) in [7, 11) is 1.58. The van der Waals surface area contributed by atoms with Gasteiger partial charge in [-0.15, -0.1) is 0 Å². The lowest BCUT2D eigenvalue weighted by molar-refractivity contribution is -0.123. The van der Waals surface area contributed by atoms with Gasteiger partial charge in [-0.25, -0.2) is 0 Å². The maximum absolute atomic E-state index is 11.5. The van der Waals surface area contributed by atoms with E-state index in [2.05, 4.69) is 5.32 Å². The minimum absolute atomic E-state index is 0.0503. The highest BCUT2D eigenvalue weighted by Crippen LogP contribution is 2.19. The molecule has 0 unspecified atom stereocenters. The number of hydrogen-bond acceptors (Lipinski definition) is 4. The van der Waals surface area contributed by atoms with E-state index in [1.807, 2.05) is 19.1 Å². The number of thiocarbonyl (C=S) groups is 1. The van der Waals surface area contributed by atoms with Gasteiger partial charge in [-0.2, -0.15) is 0 Å². The monoisotopic (exact) mass is 282 g/mol. The van der Waals surface area contributed by atoms with Gasteiger partial charge in [0.25, 0.3) is 5.91 Å². The van der Waals surface area contributed by atoms with E-state index in [1.54, 1.807) is 13.2 Å². The molecular formula is C13H18N2O3S. The van der Waals surface area contributed by atoms with E-state index in [-0.39, 0.29) is 12.5 Å². The van der Waals surface area contributed by atoms with E-state index >= 15 is 0 Å². The quantitative estimate of drug-likeness (QED) is 0.571. The van der Waals surface area contributed by atoms with Gasteiger partial charge in [-0.1, -0.05) is 24.4 Å². The van der Waals surface area contributed by atoms with Crippen molar-refractivity contribution >= 4 is 23.1 Å². The molecule has 0 spiro atoms. The first-order valence-corrected chi connectivity index (χ1v) is 6.24. The zero-order valence-electron chi connectivity index (χ0n) is 11.1. The summed E-state index contributed by atoms with van der Waals surface area (Å²) >= 11 is 4.90. The van der Waals surface area contributed by atoms with Crippen LogP contribution in [-0.2, 0) is 9.53 Å². The Hall–Kier alpha value is -1.66. The highest BCUT2D eigenvalue weighted by molar-refractivity contribution is 7.80.